The third-order valence-corrected chi connectivity index (χ3v) is 3.20. The molecule has 0 aliphatic carbocycles. The Labute approximate surface area is 127 Å². The zero-order valence-corrected chi connectivity index (χ0v) is 12.0. The number of nitrogens with zero attached hydrogens (tertiary/aromatic N) is 2. The first-order valence-electron chi connectivity index (χ1n) is 6.90. The Morgan fingerprint density at radius 1 is 1.27 bits per heavy atom. The number of para-hydroxylation sites is 2. The number of pyridine rings is 1. The van der Waals surface area contributed by atoms with E-state index in [1.807, 2.05) is 0 Å². The Bertz CT molecular complexity index is 730. The van der Waals surface area contributed by atoms with Gasteiger partial charge in [-0.15, -0.1) is 0 Å². The van der Waals surface area contributed by atoms with Crippen LogP contribution in [0.3, 0.4) is 0 Å². The number of carbonyl (C=O) groups excluding carboxylic acids is 2. The van der Waals surface area contributed by atoms with Crippen LogP contribution in [-0.4, -0.2) is 30.0 Å². The van der Waals surface area contributed by atoms with Crippen molar-refractivity contribution in [1.29, 1.82) is 0 Å². The summed E-state index contributed by atoms with van der Waals surface area (Å²) in [6.07, 6.45) is 1.55. The van der Waals surface area contributed by atoms with Crippen LogP contribution in [-0.2, 0) is 9.53 Å². The molecule has 0 fully saturated rings. The Balaban J connectivity index is 2.07. The van der Waals surface area contributed by atoms with Gasteiger partial charge in [0.2, 0.25) is 5.88 Å². The molecule has 6 heteroatoms. The summed E-state index contributed by atoms with van der Waals surface area (Å²) in [5, 5.41) is 0. The first-order chi connectivity index (χ1) is 10.7. The molecule has 0 radical (unpaired) electrons. The minimum absolute atomic E-state index is 0.179. The Morgan fingerprint density at radius 2 is 2.09 bits per heavy atom. The molecule has 0 spiro atoms. The number of carbonyl (C=O) groups is 2. The molecule has 1 amide bonds. The summed E-state index contributed by atoms with van der Waals surface area (Å²) in [6.45, 7) is 1.80. The van der Waals surface area contributed by atoms with Crippen LogP contribution in [0, 0.1) is 0 Å². The lowest BCUT2D eigenvalue weighted by atomic mass is 10.2. The Hall–Kier alpha value is -2.89. The molecule has 1 aliphatic rings. The van der Waals surface area contributed by atoms with Crippen molar-refractivity contribution in [3.8, 4) is 11.6 Å². The number of hydrogen-bond acceptors (Lipinski definition) is 5. The number of aromatic nitrogens is 1. The fraction of sp³-hybridized carbons (Fsp3) is 0.188. The van der Waals surface area contributed by atoms with Crippen LogP contribution >= 0.6 is 0 Å². The molecule has 3 rings (SSSR count). The van der Waals surface area contributed by atoms with Crippen LogP contribution in [0.1, 0.15) is 17.3 Å². The average Bonchev–Trinajstić information content (AvgIpc) is 2.64. The van der Waals surface area contributed by atoms with E-state index < -0.39 is 5.97 Å². The van der Waals surface area contributed by atoms with Crippen LogP contribution in [0.5, 0.6) is 11.6 Å². The van der Waals surface area contributed by atoms with Gasteiger partial charge in [-0.3, -0.25) is 14.5 Å². The molecule has 1 aromatic carbocycles. The van der Waals surface area contributed by atoms with Gasteiger partial charge in [0.1, 0.15) is 12.1 Å². The summed E-state index contributed by atoms with van der Waals surface area (Å²) >= 11 is 0. The van der Waals surface area contributed by atoms with Crippen molar-refractivity contribution in [3.05, 3.63) is 48.2 Å². The number of benzene rings is 1. The number of esters is 1. The van der Waals surface area contributed by atoms with Gasteiger partial charge in [-0.25, -0.2) is 4.98 Å². The quantitative estimate of drug-likeness (QED) is 0.814. The van der Waals surface area contributed by atoms with Gasteiger partial charge in [-0.1, -0.05) is 12.1 Å². The van der Waals surface area contributed by atoms with Gasteiger partial charge in [0.25, 0.3) is 5.91 Å². The number of anilines is 1. The van der Waals surface area contributed by atoms with Crippen LogP contribution in [0.15, 0.2) is 42.6 Å². The molecule has 0 saturated heterocycles. The lowest BCUT2D eigenvalue weighted by Gasteiger charge is -2.20. The molecule has 2 aromatic rings. The van der Waals surface area contributed by atoms with E-state index in [9.17, 15) is 9.59 Å². The highest BCUT2D eigenvalue weighted by molar-refractivity contribution is 6.11. The zero-order chi connectivity index (χ0) is 15.5. The maximum atomic E-state index is 12.7. The number of hydrogen-bond donors (Lipinski definition) is 0. The molecule has 6 nitrogen and oxygen atoms in total. The molecular formula is C16H14N2O4. The fourth-order valence-corrected chi connectivity index (χ4v) is 2.25. The normalized spacial score (nSPS) is 12.8. The van der Waals surface area contributed by atoms with Crippen molar-refractivity contribution >= 4 is 17.6 Å². The summed E-state index contributed by atoms with van der Waals surface area (Å²) in [4.78, 5) is 30.0. The van der Waals surface area contributed by atoms with Gasteiger partial charge >= 0.3 is 5.97 Å². The van der Waals surface area contributed by atoms with Gasteiger partial charge < -0.3 is 9.47 Å². The molecule has 1 aromatic heterocycles. The second-order valence-corrected chi connectivity index (χ2v) is 4.62. The number of rotatable bonds is 3. The van der Waals surface area contributed by atoms with Crippen molar-refractivity contribution < 1.29 is 19.1 Å². The molecule has 0 atom stereocenters. The van der Waals surface area contributed by atoms with Crippen molar-refractivity contribution in [3.63, 3.8) is 0 Å². The van der Waals surface area contributed by atoms with E-state index in [4.69, 9.17) is 9.47 Å². The Morgan fingerprint density at radius 3 is 2.91 bits per heavy atom. The van der Waals surface area contributed by atoms with Crippen molar-refractivity contribution in [2.24, 2.45) is 0 Å². The summed E-state index contributed by atoms with van der Waals surface area (Å²) in [5.74, 6) is -0.122. The Kier molecular flexibility index (Phi) is 3.74. The summed E-state index contributed by atoms with van der Waals surface area (Å²) < 4.78 is 10.7. The lowest BCUT2D eigenvalue weighted by Crippen LogP contribution is -2.36. The maximum absolute atomic E-state index is 12.7. The number of fused-ring (bicyclic) bond motifs is 2. The van der Waals surface area contributed by atoms with Crippen molar-refractivity contribution in [2.75, 3.05) is 18.1 Å². The van der Waals surface area contributed by atoms with Crippen LogP contribution in [0.2, 0.25) is 0 Å². The molecule has 0 saturated carbocycles. The minimum atomic E-state index is -0.474. The maximum Gasteiger partial charge on any atom is 0.326 e. The number of ether oxygens (including phenoxy) is 2. The first kappa shape index (κ1) is 14.1. The van der Waals surface area contributed by atoms with Gasteiger partial charge in [-0.05, 0) is 31.2 Å². The highest BCUT2D eigenvalue weighted by Gasteiger charge is 2.30. The largest absolute Gasteiger partial charge is 0.465 e. The molecule has 112 valence electrons. The molecule has 2 heterocycles. The topological polar surface area (TPSA) is 68.7 Å². The van der Waals surface area contributed by atoms with E-state index in [0.717, 1.165) is 0 Å². The third kappa shape index (κ3) is 2.50. The summed E-state index contributed by atoms with van der Waals surface area (Å²) in [5.41, 5.74) is 0.821. The van der Waals surface area contributed by atoms with E-state index in [-0.39, 0.29) is 24.9 Å². The van der Waals surface area contributed by atoms with E-state index in [1.54, 1.807) is 49.5 Å². The molecule has 0 unspecified atom stereocenters. The summed E-state index contributed by atoms with van der Waals surface area (Å²) in [6, 6.07) is 10.3. The first-order valence-corrected chi connectivity index (χ1v) is 6.90. The average molecular weight is 298 g/mol. The van der Waals surface area contributed by atoms with Crippen LogP contribution in [0.4, 0.5) is 5.69 Å². The van der Waals surface area contributed by atoms with Gasteiger partial charge in [-0.2, -0.15) is 0 Å². The third-order valence-electron chi connectivity index (χ3n) is 3.20. The van der Waals surface area contributed by atoms with Crippen LogP contribution < -0.4 is 9.64 Å². The fourth-order valence-electron chi connectivity index (χ4n) is 2.25. The van der Waals surface area contributed by atoms with Crippen molar-refractivity contribution in [2.45, 2.75) is 6.92 Å². The summed E-state index contributed by atoms with van der Waals surface area (Å²) in [7, 11) is 0. The van der Waals surface area contributed by atoms with Gasteiger partial charge in [0, 0.05) is 6.20 Å². The predicted octanol–water partition coefficient (Wildman–Crippen LogP) is 2.40. The van der Waals surface area contributed by atoms with E-state index in [0.29, 0.717) is 17.0 Å². The highest BCUT2D eigenvalue weighted by atomic mass is 16.5. The second-order valence-electron chi connectivity index (χ2n) is 4.62. The molecule has 0 bridgehead atoms. The van der Waals surface area contributed by atoms with Gasteiger partial charge in [0.15, 0.2) is 5.75 Å². The van der Waals surface area contributed by atoms with Crippen molar-refractivity contribution in [1.82, 2.24) is 4.98 Å². The minimum Gasteiger partial charge on any atom is -0.465 e. The van der Waals surface area contributed by atoms with E-state index in [2.05, 4.69) is 4.98 Å². The highest BCUT2D eigenvalue weighted by Crippen LogP contribution is 2.37. The second kappa shape index (κ2) is 5.85. The van der Waals surface area contributed by atoms with Gasteiger partial charge in [0.05, 0.1) is 12.3 Å². The molecule has 22 heavy (non-hydrogen) atoms. The monoisotopic (exact) mass is 298 g/mol. The van der Waals surface area contributed by atoms with Crippen LogP contribution in [0.25, 0.3) is 0 Å². The predicted molar refractivity (Wildman–Crippen MR) is 79.1 cm³/mol. The van der Waals surface area contributed by atoms with E-state index in [1.165, 1.54) is 4.90 Å². The standard InChI is InChI=1S/C16H14N2O4/c1-2-21-14(19)10-18-12-7-3-4-8-13(12)22-15-11(16(18)20)6-5-9-17-15/h3-9H,2,10H2,1H3. The number of amides is 1. The molecular weight excluding hydrogens is 284 g/mol. The molecule has 1 aliphatic heterocycles. The van der Waals surface area contributed by atoms with E-state index >= 15 is 0 Å². The SMILES string of the molecule is CCOC(=O)CN1C(=O)c2cccnc2Oc2ccccc21. The smallest absolute Gasteiger partial charge is 0.326 e. The molecule has 0 N–H and O–H groups in total. The zero-order valence-electron chi connectivity index (χ0n) is 12.0. The lowest BCUT2D eigenvalue weighted by molar-refractivity contribution is -0.141.